The van der Waals surface area contributed by atoms with Crippen LogP contribution >= 0.6 is 24.0 Å². The molecule has 1 aromatic heterocycles. The van der Waals surface area contributed by atoms with Crippen molar-refractivity contribution in [2.24, 2.45) is 10.9 Å². The molecule has 5 nitrogen and oxygen atoms in total. The Bertz CT molecular complexity index is 530. The van der Waals surface area contributed by atoms with Crippen molar-refractivity contribution in [1.82, 2.24) is 20.1 Å². The summed E-state index contributed by atoms with van der Waals surface area (Å²) >= 11 is 0. The summed E-state index contributed by atoms with van der Waals surface area (Å²) in [6.07, 6.45) is 3.10. The van der Waals surface area contributed by atoms with E-state index in [2.05, 4.69) is 53.9 Å². The van der Waals surface area contributed by atoms with E-state index < -0.39 is 0 Å². The first-order chi connectivity index (χ1) is 11.7. The molecule has 0 aromatic carbocycles. The third-order valence-electron chi connectivity index (χ3n) is 4.83. The quantitative estimate of drug-likeness (QED) is 0.387. The fourth-order valence-corrected chi connectivity index (χ4v) is 3.28. The fraction of sp³-hybridized carbons (Fsp3) is 0.684. The number of hydrogen-bond donors (Lipinski definition) is 1. The summed E-state index contributed by atoms with van der Waals surface area (Å²) in [4.78, 5) is 14.2. The highest BCUT2D eigenvalue weighted by molar-refractivity contribution is 14.0. The fourth-order valence-electron chi connectivity index (χ4n) is 3.28. The molecule has 25 heavy (non-hydrogen) atoms. The van der Waals surface area contributed by atoms with E-state index in [1.807, 2.05) is 12.3 Å². The highest BCUT2D eigenvalue weighted by Gasteiger charge is 2.25. The average molecular weight is 459 g/mol. The van der Waals surface area contributed by atoms with Crippen LogP contribution < -0.4 is 5.32 Å². The molecule has 1 aliphatic rings. The van der Waals surface area contributed by atoms with Crippen LogP contribution in [0.25, 0.3) is 0 Å². The Labute approximate surface area is 170 Å². The molecular weight excluding hydrogens is 425 g/mol. The number of rotatable bonds is 7. The molecule has 1 N–H and O–H groups in total. The van der Waals surface area contributed by atoms with Gasteiger partial charge in [-0.2, -0.15) is 0 Å². The molecule has 1 unspecified atom stereocenters. The third kappa shape index (κ3) is 6.73. The van der Waals surface area contributed by atoms with Crippen LogP contribution in [-0.4, -0.2) is 60.0 Å². The first-order valence-corrected chi connectivity index (χ1v) is 9.33. The molecule has 0 amide bonds. The van der Waals surface area contributed by atoms with Crippen LogP contribution in [0.15, 0.2) is 23.3 Å². The molecule has 2 rings (SSSR count). The van der Waals surface area contributed by atoms with E-state index in [0.29, 0.717) is 6.54 Å². The van der Waals surface area contributed by atoms with Crippen molar-refractivity contribution >= 4 is 29.9 Å². The van der Waals surface area contributed by atoms with Crippen molar-refractivity contribution in [2.75, 3.05) is 39.3 Å². The van der Waals surface area contributed by atoms with Gasteiger partial charge in [0.2, 0.25) is 0 Å². The SMILES string of the molecule is CCNC(=NCc1ncccc1C)N1CCC(CN(CC)CC)C1.I. The number of pyridine rings is 1. The second-order valence-electron chi connectivity index (χ2n) is 6.52. The maximum Gasteiger partial charge on any atom is 0.194 e. The van der Waals surface area contributed by atoms with Crippen molar-refractivity contribution in [1.29, 1.82) is 0 Å². The van der Waals surface area contributed by atoms with E-state index in [1.165, 1.54) is 18.5 Å². The van der Waals surface area contributed by atoms with Gasteiger partial charge < -0.3 is 15.1 Å². The molecule has 1 fully saturated rings. The van der Waals surface area contributed by atoms with Crippen LogP contribution in [0.4, 0.5) is 0 Å². The van der Waals surface area contributed by atoms with Crippen LogP contribution in [0.5, 0.6) is 0 Å². The predicted octanol–water partition coefficient (Wildman–Crippen LogP) is 3.14. The Morgan fingerprint density at radius 3 is 2.76 bits per heavy atom. The number of halogens is 1. The zero-order valence-electron chi connectivity index (χ0n) is 16.2. The van der Waals surface area contributed by atoms with Gasteiger partial charge in [0.05, 0.1) is 12.2 Å². The molecule has 6 heteroatoms. The number of aliphatic imine (C=N–C) groups is 1. The lowest BCUT2D eigenvalue weighted by Gasteiger charge is -2.24. The Kier molecular flexibility index (Phi) is 10.3. The van der Waals surface area contributed by atoms with Gasteiger partial charge in [0, 0.05) is 32.4 Å². The lowest BCUT2D eigenvalue weighted by atomic mass is 10.1. The molecule has 0 bridgehead atoms. The topological polar surface area (TPSA) is 43.8 Å². The zero-order chi connectivity index (χ0) is 17.4. The summed E-state index contributed by atoms with van der Waals surface area (Å²) in [5.74, 6) is 1.77. The summed E-state index contributed by atoms with van der Waals surface area (Å²) in [5.41, 5.74) is 2.27. The van der Waals surface area contributed by atoms with E-state index in [-0.39, 0.29) is 24.0 Å². The number of likely N-dealkylation sites (tertiary alicyclic amines) is 1. The van der Waals surface area contributed by atoms with Crippen LogP contribution in [-0.2, 0) is 6.54 Å². The number of nitrogens with zero attached hydrogens (tertiary/aromatic N) is 4. The van der Waals surface area contributed by atoms with Gasteiger partial charge in [-0.05, 0) is 50.9 Å². The molecule has 1 saturated heterocycles. The Balaban J connectivity index is 0.00000312. The van der Waals surface area contributed by atoms with Gasteiger partial charge in [-0.25, -0.2) is 4.99 Å². The van der Waals surface area contributed by atoms with E-state index >= 15 is 0 Å². The molecule has 0 saturated carbocycles. The largest absolute Gasteiger partial charge is 0.357 e. The summed E-state index contributed by atoms with van der Waals surface area (Å²) in [5, 5.41) is 3.45. The number of nitrogens with one attached hydrogen (secondary N) is 1. The molecule has 1 aromatic rings. The second-order valence-corrected chi connectivity index (χ2v) is 6.52. The zero-order valence-corrected chi connectivity index (χ0v) is 18.5. The summed E-state index contributed by atoms with van der Waals surface area (Å²) in [6.45, 7) is 15.9. The normalized spacial score (nSPS) is 17.7. The Morgan fingerprint density at radius 2 is 2.12 bits per heavy atom. The summed E-state index contributed by atoms with van der Waals surface area (Å²) in [7, 11) is 0. The average Bonchev–Trinajstić information content (AvgIpc) is 3.06. The Morgan fingerprint density at radius 1 is 1.36 bits per heavy atom. The number of aromatic nitrogens is 1. The molecule has 1 atom stereocenters. The molecule has 0 radical (unpaired) electrons. The van der Waals surface area contributed by atoms with E-state index in [4.69, 9.17) is 4.99 Å². The molecular formula is C19H34IN5. The highest BCUT2D eigenvalue weighted by Crippen LogP contribution is 2.18. The monoisotopic (exact) mass is 459 g/mol. The highest BCUT2D eigenvalue weighted by atomic mass is 127. The number of hydrogen-bond acceptors (Lipinski definition) is 3. The first kappa shape index (κ1) is 22.2. The summed E-state index contributed by atoms with van der Waals surface area (Å²) in [6, 6.07) is 4.08. The molecule has 0 aliphatic carbocycles. The van der Waals surface area contributed by atoms with Gasteiger partial charge >= 0.3 is 0 Å². The van der Waals surface area contributed by atoms with Crippen molar-refractivity contribution in [3.63, 3.8) is 0 Å². The minimum atomic E-state index is 0. The van der Waals surface area contributed by atoms with Gasteiger partial charge in [0.15, 0.2) is 5.96 Å². The van der Waals surface area contributed by atoms with Crippen molar-refractivity contribution in [2.45, 2.75) is 40.7 Å². The third-order valence-corrected chi connectivity index (χ3v) is 4.83. The number of guanidine groups is 1. The van der Waals surface area contributed by atoms with Crippen molar-refractivity contribution < 1.29 is 0 Å². The predicted molar refractivity (Wildman–Crippen MR) is 117 cm³/mol. The van der Waals surface area contributed by atoms with Gasteiger partial charge in [0.25, 0.3) is 0 Å². The van der Waals surface area contributed by atoms with Crippen molar-refractivity contribution in [3.8, 4) is 0 Å². The molecule has 1 aliphatic heterocycles. The van der Waals surface area contributed by atoms with Crippen LogP contribution in [0, 0.1) is 12.8 Å². The van der Waals surface area contributed by atoms with Crippen LogP contribution in [0.1, 0.15) is 38.4 Å². The lowest BCUT2D eigenvalue weighted by Crippen LogP contribution is -2.41. The minimum Gasteiger partial charge on any atom is -0.357 e. The van der Waals surface area contributed by atoms with E-state index in [1.54, 1.807) is 0 Å². The molecule has 0 spiro atoms. The molecule has 2 heterocycles. The van der Waals surface area contributed by atoms with Gasteiger partial charge in [-0.15, -0.1) is 24.0 Å². The van der Waals surface area contributed by atoms with E-state index in [0.717, 1.165) is 50.3 Å². The number of aryl methyl sites for hydroxylation is 1. The maximum atomic E-state index is 4.84. The van der Waals surface area contributed by atoms with Gasteiger partial charge in [0.1, 0.15) is 0 Å². The molecule has 142 valence electrons. The van der Waals surface area contributed by atoms with E-state index in [9.17, 15) is 0 Å². The van der Waals surface area contributed by atoms with Gasteiger partial charge in [-0.3, -0.25) is 4.98 Å². The first-order valence-electron chi connectivity index (χ1n) is 9.33. The maximum absolute atomic E-state index is 4.84. The van der Waals surface area contributed by atoms with Crippen LogP contribution in [0.3, 0.4) is 0 Å². The summed E-state index contributed by atoms with van der Waals surface area (Å²) < 4.78 is 0. The lowest BCUT2D eigenvalue weighted by molar-refractivity contribution is 0.255. The van der Waals surface area contributed by atoms with Crippen molar-refractivity contribution in [3.05, 3.63) is 29.6 Å². The van der Waals surface area contributed by atoms with Gasteiger partial charge in [-0.1, -0.05) is 19.9 Å². The van der Waals surface area contributed by atoms with Crippen LogP contribution in [0.2, 0.25) is 0 Å². The smallest absolute Gasteiger partial charge is 0.194 e. The second kappa shape index (κ2) is 11.7. The Hall–Kier alpha value is -0.890. The standard InChI is InChI=1S/C19H33N5.HI/c1-5-20-19(22-13-18-16(4)9-8-11-21-18)24-12-10-17(15-24)14-23(6-2)7-3;/h8-9,11,17H,5-7,10,12-15H2,1-4H3,(H,20,22);1H. The minimum absolute atomic E-state index is 0.